The van der Waals surface area contributed by atoms with Crippen LogP contribution < -0.4 is 9.18 Å². The number of para-hydroxylation sites is 1. The van der Waals surface area contributed by atoms with Crippen molar-refractivity contribution in [2.75, 3.05) is 37.2 Å². The number of rotatable bonds is 4. The lowest BCUT2D eigenvalue weighted by atomic mass is 10.2. The number of hydrogen-bond donors (Lipinski definition) is 0. The van der Waals surface area contributed by atoms with Gasteiger partial charge in [-0.25, -0.2) is 8.42 Å². The Labute approximate surface area is 183 Å². The van der Waals surface area contributed by atoms with Crippen molar-refractivity contribution in [1.82, 2.24) is 9.47 Å². The van der Waals surface area contributed by atoms with Gasteiger partial charge in [0.1, 0.15) is 6.54 Å². The van der Waals surface area contributed by atoms with Gasteiger partial charge in [0.25, 0.3) is 10.0 Å². The van der Waals surface area contributed by atoms with E-state index in [1.165, 1.54) is 21.0 Å². The number of fused-ring (bicyclic) bond motifs is 2. The minimum absolute atomic E-state index is 0.0650. The first-order valence-electron chi connectivity index (χ1n) is 10.0. The van der Waals surface area contributed by atoms with E-state index >= 15 is 0 Å². The Morgan fingerprint density at radius 2 is 1.84 bits per heavy atom. The minimum Gasteiger partial charge on any atom is -0.378 e. The molecule has 2 aliphatic rings. The molecule has 1 amide bonds. The minimum atomic E-state index is -3.75. The Bertz CT molecular complexity index is 1320. The molecule has 31 heavy (non-hydrogen) atoms. The predicted molar refractivity (Wildman–Crippen MR) is 118 cm³/mol. The summed E-state index contributed by atoms with van der Waals surface area (Å²) >= 11 is 0.955. The highest BCUT2D eigenvalue weighted by Crippen LogP contribution is 2.33. The van der Waals surface area contributed by atoms with Gasteiger partial charge in [0.05, 0.1) is 34.0 Å². The van der Waals surface area contributed by atoms with E-state index < -0.39 is 10.0 Å². The van der Waals surface area contributed by atoms with Crippen LogP contribution in [0.2, 0.25) is 0 Å². The van der Waals surface area contributed by atoms with E-state index in [4.69, 9.17) is 4.74 Å². The van der Waals surface area contributed by atoms with Crippen molar-refractivity contribution in [1.29, 1.82) is 0 Å². The van der Waals surface area contributed by atoms with Crippen LogP contribution in [0.5, 0.6) is 0 Å². The summed E-state index contributed by atoms with van der Waals surface area (Å²) < 4.78 is 35.2. The van der Waals surface area contributed by atoms with Crippen molar-refractivity contribution in [3.05, 3.63) is 57.7 Å². The summed E-state index contributed by atoms with van der Waals surface area (Å²) in [6.07, 6.45) is 0.672. The first-order chi connectivity index (χ1) is 14.9. The zero-order chi connectivity index (χ0) is 21.6. The van der Waals surface area contributed by atoms with Gasteiger partial charge in [0.2, 0.25) is 5.91 Å². The molecule has 0 N–H and O–H groups in total. The molecular formula is C21H21N3O5S2. The SMILES string of the molecule is O=C(Cn1c(=O)sc2cc(S(=O)(=O)N3CCc4ccccc43)ccc21)N1CCOCC1. The molecule has 0 saturated carbocycles. The van der Waals surface area contributed by atoms with Gasteiger partial charge in [0, 0.05) is 19.6 Å². The number of benzene rings is 2. The standard InChI is InChI=1S/C21H21N3O5S2/c25-20(22-9-11-29-12-10-22)14-23-18-6-5-16(13-19(18)30-21(23)26)31(27,28)24-8-7-15-3-1-2-4-17(15)24/h1-6,13H,7-12,14H2. The summed E-state index contributed by atoms with van der Waals surface area (Å²) in [6.45, 7) is 2.33. The topological polar surface area (TPSA) is 88.9 Å². The monoisotopic (exact) mass is 459 g/mol. The summed E-state index contributed by atoms with van der Waals surface area (Å²) in [5.74, 6) is -0.143. The first-order valence-corrected chi connectivity index (χ1v) is 12.3. The molecule has 0 aliphatic carbocycles. The molecule has 2 aliphatic heterocycles. The van der Waals surface area contributed by atoms with Crippen molar-refractivity contribution in [2.24, 2.45) is 0 Å². The number of thiazole rings is 1. The van der Waals surface area contributed by atoms with E-state index in [9.17, 15) is 18.0 Å². The van der Waals surface area contributed by atoms with E-state index in [1.54, 1.807) is 11.0 Å². The summed E-state index contributed by atoms with van der Waals surface area (Å²) in [5.41, 5.74) is 2.27. The van der Waals surface area contributed by atoms with E-state index in [0.717, 1.165) is 16.9 Å². The number of anilines is 1. The van der Waals surface area contributed by atoms with Crippen LogP contribution in [0.3, 0.4) is 0 Å². The van der Waals surface area contributed by atoms with E-state index in [0.29, 0.717) is 55.2 Å². The van der Waals surface area contributed by atoms with Gasteiger partial charge in [-0.05, 0) is 36.2 Å². The van der Waals surface area contributed by atoms with Crippen LogP contribution in [-0.2, 0) is 32.5 Å². The summed E-state index contributed by atoms with van der Waals surface area (Å²) in [4.78, 5) is 26.7. The molecule has 8 nitrogen and oxygen atoms in total. The lowest BCUT2D eigenvalue weighted by Crippen LogP contribution is -2.43. The normalized spacial score (nSPS) is 16.6. The molecule has 10 heteroatoms. The highest BCUT2D eigenvalue weighted by atomic mass is 32.2. The lowest BCUT2D eigenvalue weighted by molar-refractivity contribution is -0.135. The number of carbonyl (C=O) groups is 1. The fourth-order valence-electron chi connectivity index (χ4n) is 4.09. The smallest absolute Gasteiger partial charge is 0.308 e. The fourth-order valence-corrected chi connectivity index (χ4v) is 6.62. The quantitative estimate of drug-likeness (QED) is 0.592. The molecule has 1 saturated heterocycles. The maximum Gasteiger partial charge on any atom is 0.308 e. The number of sulfonamides is 1. The molecule has 5 rings (SSSR count). The number of ether oxygens (including phenoxy) is 1. The Balaban J connectivity index is 1.46. The highest BCUT2D eigenvalue weighted by Gasteiger charge is 2.31. The van der Waals surface area contributed by atoms with Gasteiger partial charge in [-0.2, -0.15) is 0 Å². The van der Waals surface area contributed by atoms with Gasteiger partial charge in [-0.15, -0.1) is 0 Å². The van der Waals surface area contributed by atoms with Gasteiger partial charge in [-0.3, -0.25) is 18.5 Å². The zero-order valence-electron chi connectivity index (χ0n) is 16.7. The molecule has 0 atom stereocenters. The second-order valence-corrected chi connectivity index (χ2v) is 10.4. The molecule has 0 unspecified atom stereocenters. The zero-order valence-corrected chi connectivity index (χ0v) is 18.3. The number of hydrogen-bond acceptors (Lipinski definition) is 6. The van der Waals surface area contributed by atoms with E-state index in [2.05, 4.69) is 0 Å². The average molecular weight is 460 g/mol. The van der Waals surface area contributed by atoms with Gasteiger partial charge in [-0.1, -0.05) is 29.5 Å². The number of carbonyl (C=O) groups excluding carboxylic acids is 1. The van der Waals surface area contributed by atoms with Crippen molar-refractivity contribution in [2.45, 2.75) is 17.9 Å². The van der Waals surface area contributed by atoms with Crippen LogP contribution in [0.1, 0.15) is 5.56 Å². The molecule has 2 aromatic carbocycles. The third-order valence-electron chi connectivity index (χ3n) is 5.73. The third-order valence-corrected chi connectivity index (χ3v) is 8.48. The molecule has 162 valence electrons. The molecule has 3 heterocycles. The highest BCUT2D eigenvalue weighted by molar-refractivity contribution is 7.92. The van der Waals surface area contributed by atoms with Crippen LogP contribution in [0.4, 0.5) is 5.69 Å². The van der Waals surface area contributed by atoms with Gasteiger partial charge >= 0.3 is 4.87 Å². The maximum absolute atomic E-state index is 13.3. The van der Waals surface area contributed by atoms with Crippen molar-refractivity contribution in [3.8, 4) is 0 Å². The molecule has 0 spiro atoms. The molecule has 1 aromatic heterocycles. The van der Waals surface area contributed by atoms with E-state index in [-0.39, 0.29) is 22.2 Å². The number of morpholine rings is 1. The lowest BCUT2D eigenvalue weighted by Gasteiger charge is -2.26. The first kappa shape index (κ1) is 20.2. The average Bonchev–Trinajstić information content (AvgIpc) is 3.35. The van der Waals surface area contributed by atoms with Crippen LogP contribution >= 0.6 is 11.3 Å². The van der Waals surface area contributed by atoms with Crippen LogP contribution in [0.25, 0.3) is 10.2 Å². The van der Waals surface area contributed by atoms with Crippen LogP contribution in [-0.4, -0.2) is 56.6 Å². The maximum atomic E-state index is 13.3. The van der Waals surface area contributed by atoms with Crippen molar-refractivity contribution >= 4 is 43.2 Å². The Morgan fingerprint density at radius 1 is 1.06 bits per heavy atom. The molecule has 0 radical (unpaired) electrons. The molecule has 1 fully saturated rings. The Kier molecular flexibility index (Phi) is 5.07. The third kappa shape index (κ3) is 3.54. The number of aromatic nitrogens is 1. The summed E-state index contributed by atoms with van der Waals surface area (Å²) in [6, 6.07) is 12.1. The molecule has 0 bridgehead atoms. The predicted octanol–water partition coefficient (Wildman–Crippen LogP) is 1.67. The summed E-state index contributed by atoms with van der Waals surface area (Å²) in [7, 11) is -3.75. The van der Waals surface area contributed by atoms with Gasteiger partial charge < -0.3 is 9.64 Å². The molecule has 3 aromatic rings. The second-order valence-electron chi connectivity index (χ2n) is 7.53. The molecular weight excluding hydrogens is 438 g/mol. The van der Waals surface area contributed by atoms with Crippen molar-refractivity contribution < 1.29 is 17.9 Å². The second kappa shape index (κ2) is 7.77. The largest absolute Gasteiger partial charge is 0.378 e. The fraction of sp³-hybridized carbons (Fsp3) is 0.333. The van der Waals surface area contributed by atoms with Crippen LogP contribution in [0.15, 0.2) is 52.2 Å². The number of amides is 1. The summed E-state index contributed by atoms with van der Waals surface area (Å²) in [5, 5.41) is 0. The van der Waals surface area contributed by atoms with Crippen molar-refractivity contribution in [3.63, 3.8) is 0 Å². The Hall–Kier alpha value is -2.69. The van der Waals surface area contributed by atoms with Gasteiger partial charge in [0.15, 0.2) is 0 Å². The van der Waals surface area contributed by atoms with E-state index in [1.807, 2.05) is 24.3 Å². The Morgan fingerprint density at radius 3 is 2.65 bits per heavy atom. The van der Waals surface area contributed by atoms with Crippen LogP contribution in [0, 0.1) is 0 Å². The number of nitrogens with zero attached hydrogens (tertiary/aromatic N) is 3.